The number of nitrogens with two attached hydrogens (primary N) is 1. The number of nitrogens with zero attached hydrogens (tertiary/aromatic N) is 1. The van der Waals surface area contributed by atoms with Crippen LogP contribution in [0.1, 0.15) is 12.0 Å². The van der Waals surface area contributed by atoms with E-state index in [9.17, 15) is 0 Å². The predicted octanol–water partition coefficient (Wildman–Crippen LogP) is 3.39. The van der Waals surface area contributed by atoms with Crippen molar-refractivity contribution < 1.29 is 0 Å². The van der Waals surface area contributed by atoms with Gasteiger partial charge in [-0.15, -0.1) is 0 Å². The van der Waals surface area contributed by atoms with Crippen LogP contribution >= 0.6 is 47.8 Å². The van der Waals surface area contributed by atoms with Crippen molar-refractivity contribution in [1.29, 1.82) is 0 Å². The van der Waals surface area contributed by atoms with Crippen LogP contribution in [0.5, 0.6) is 0 Å². The zero-order valence-corrected chi connectivity index (χ0v) is 13.1. The Morgan fingerprint density at radius 3 is 2.69 bits per heavy atom. The number of benzene rings is 1. The molecule has 2 heterocycles. The summed E-state index contributed by atoms with van der Waals surface area (Å²) in [5.74, 6) is 0. The standard InChI is InChI=1S/C10H10Br3N3/c11-5-4-2-1-3-16-9(4)8(15-10(16)14)7(13)6(5)12/h10,15H,1-3,14H2. The van der Waals surface area contributed by atoms with Gasteiger partial charge in [-0.3, -0.25) is 5.73 Å². The number of halogens is 3. The Balaban J connectivity index is 2.32. The maximum atomic E-state index is 6.07. The van der Waals surface area contributed by atoms with E-state index in [0.717, 1.165) is 38.5 Å². The third-order valence-corrected chi connectivity index (χ3v) is 6.66. The normalized spacial score (nSPS) is 22.0. The molecule has 0 saturated carbocycles. The largest absolute Gasteiger partial charge is 0.350 e. The van der Waals surface area contributed by atoms with Crippen molar-refractivity contribution in [2.24, 2.45) is 5.73 Å². The van der Waals surface area contributed by atoms with E-state index in [0.29, 0.717) is 0 Å². The summed E-state index contributed by atoms with van der Waals surface area (Å²) in [4.78, 5) is 2.23. The molecule has 0 amide bonds. The molecule has 1 aromatic rings. The Bertz CT molecular complexity index is 475. The lowest BCUT2D eigenvalue weighted by Gasteiger charge is -2.30. The summed E-state index contributed by atoms with van der Waals surface area (Å²) < 4.78 is 3.24. The van der Waals surface area contributed by atoms with Crippen molar-refractivity contribution in [2.75, 3.05) is 16.8 Å². The highest BCUT2D eigenvalue weighted by Gasteiger charge is 2.35. The lowest BCUT2D eigenvalue weighted by atomic mass is 10.0. The van der Waals surface area contributed by atoms with Gasteiger partial charge < -0.3 is 10.2 Å². The molecule has 0 radical (unpaired) electrons. The van der Waals surface area contributed by atoms with Gasteiger partial charge in [0.25, 0.3) is 0 Å². The van der Waals surface area contributed by atoms with Gasteiger partial charge in [-0.25, -0.2) is 0 Å². The fourth-order valence-corrected chi connectivity index (χ4v) is 4.20. The highest BCUT2D eigenvalue weighted by atomic mass is 79.9. The number of hydrogen-bond acceptors (Lipinski definition) is 3. The first-order valence-corrected chi connectivity index (χ1v) is 7.47. The molecule has 0 saturated heterocycles. The molecule has 0 spiro atoms. The number of hydrogen-bond donors (Lipinski definition) is 2. The van der Waals surface area contributed by atoms with Crippen LogP contribution in [0.15, 0.2) is 13.4 Å². The van der Waals surface area contributed by atoms with Gasteiger partial charge in [0.2, 0.25) is 0 Å². The van der Waals surface area contributed by atoms with Crippen molar-refractivity contribution in [3.63, 3.8) is 0 Å². The SMILES string of the molecule is NC1Nc2c(Br)c(Br)c(Br)c3c2N1CCC3. The summed E-state index contributed by atoms with van der Waals surface area (Å²) in [6.45, 7) is 1.02. The van der Waals surface area contributed by atoms with Gasteiger partial charge in [0, 0.05) is 15.5 Å². The molecule has 3 N–H and O–H groups in total. The summed E-state index contributed by atoms with van der Waals surface area (Å²) in [5, 5.41) is 3.32. The molecule has 0 fully saturated rings. The Kier molecular flexibility index (Phi) is 2.73. The quantitative estimate of drug-likeness (QED) is 0.643. The van der Waals surface area contributed by atoms with Crippen molar-refractivity contribution in [2.45, 2.75) is 19.1 Å². The van der Waals surface area contributed by atoms with Gasteiger partial charge >= 0.3 is 0 Å². The summed E-state index contributed by atoms with van der Waals surface area (Å²) in [5.41, 5.74) is 9.78. The molecule has 0 bridgehead atoms. The predicted molar refractivity (Wildman–Crippen MR) is 76.8 cm³/mol. The van der Waals surface area contributed by atoms with Crippen LogP contribution in [0.2, 0.25) is 0 Å². The summed E-state index contributed by atoms with van der Waals surface area (Å²) in [6.07, 6.45) is 2.14. The lowest BCUT2D eigenvalue weighted by molar-refractivity contribution is 0.641. The molecule has 2 aliphatic heterocycles. The third kappa shape index (κ3) is 1.39. The second-order valence-electron chi connectivity index (χ2n) is 4.03. The topological polar surface area (TPSA) is 41.3 Å². The fourth-order valence-electron chi connectivity index (χ4n) is 2.42. The van der Waals surface area contributed by atoms with E-state index in [1.165, 1.54) is 11.3 Å². The van der Waals surface area contributed by atoms with Gasteiger partial charge in [0.05, 0.1) is 15.8 Å². The molecule has 6 heteroatoms. The van der Waals surface area contributed by atoms with Crippen LogP contribution in [0.25, 0.3) is 0 Å². The first-order chi connectivity index (χ1) is 7.61. The maximum Gasteiger partial charge on any atom is 0.153 e. The minimum Gasteiger partial charge on any atom is -0.350 e. The Morgan fingerprint density at radius 1 is 1.19 bits per heavy atom. The summed E-state index contributed by atoms with van der Waals surface area (Å²) >= 11 is 10.9. The number of nitrogens with one attached hydrogen (secondary N) is 1. The van der Waals surface area contributed by atoms with Crippen LogP contribution in [0, 0.1) is 0 Å². The second-order valence-corrected chi connectivity index (χ2v) is 6.41. The molecular formula is C10H10Br3N3. The second kappa shape index (κ2) is 3.86. The number of rotatable bonds is 0. The fraction of sp³-hybridized carbons (Fsp3) is 0.400. The first kappa shape index (κ1) is 11.3. The van der Waals surface area contributed by atoms with Gasteiger partial charge in [-0.1, -0.05) is 0 Å². The summed E-state index contributed by atoms with van der Waals surface area (Å²) in [6, 6.07) is 0. The van der Waals surface area contributed by atoms with E-state index in [4.69, 9.17) is 5.73 Å². The van der Waals surface area contributed by atoms with Gasteiger partial charge in [-0.2, -0.15) is 0 Å². The molecule has 0 aliphatic carbocycles. The third-order valence-electron chi connectivity index (χ3n) is 3.13. The van der Waals surface area contributed by atoms with E-state index in [1.54, 1.807) is 0 Å². The molecule has 1 aromatic carbocycles. The maximum absolute atomic E-state index is 6.07. The van der Waals surface area contributed by atoms with Crippen LogP contribution in [-0.2, 0) is 6.42 Å². The van der Waals surface area contributed by atoms with Crippen LogP contribution in [0.4, 0.5) is 11.4 Å². The van der Waals surface area contributed by atoms with Crippen molar-refractivity contribution in [1.82, 2.24) is 0 Å². The Labute approximate surface area is 119 Å². The summed E-state index contributed by atoms with van der Waals surface area (Å²) in [7, 11) is 0. The minimum absolute atomic E-state index is 0.105. The number of anilines is 2. The monoisotopic (exact) mass is 409 g/mol. The molecule has 0 aromatic heterocycles. The van der Waals surface area contributed by atoms with E-state index >= 15 is 0 Å². The molecular weight excluding hydrogens is 402 g/mol. The van der Waals surface area contributed by atoms with E-state index in [1.807, 2.05) is 0 Å². The highest BCUT2D eigenvalue weighted by Crippen LogP contribution is 2.51. The van der Waals surface area contributed by atoms with Crippen LogP contribution < -0.4 is 16.0 Å². The molecule has 1 unspecified atom stereocenters. The van der Waals surface area contributed by atoms with Gasteiger partial charge in [0.1, 0.15) is 0 Å². The molecule has 3 nitrogen and oxygen atoms in total. The molecule has 3 rings (SSSR count). The van der Waals surface area contributed by atoms with Gasteiger partial charge in [0.15, 0.2) is 6.29 Å². The van der Waals surface area contributed by atoms with Crippen molar-refractivity contribution >= 4 is 59.2 Å². The van der Waals surface area contributed by atoms with Crippen molar-refractivity contribution in [3.8, 4) is 0 Å². The molecule has 16 heavy (non-hydrogen) atoms. The lowest BCUT2D eigenvalue weighted by Crippen LogP contribution is -2.45. The smallest absolute Gasteiger partial charge is 0.153 e. The minimum atomic E-state index is -0.105. The molecule has 86 valence electrons. The molecule has 1 atom stereocenters. The van der Waals surface area contributed by atoms with Crippen molar-refractivity contribution in [3.05, 3.63) is 19.0 Å². The highest BCUT2D eigenvalue weighted by molar-refractivity contribution is 9.14. The van der Waals surface area contributed by atoms with Crippen LogP contribution in [-0.4, -0.2) is 12.8 Å². The average Bonchev–Trinajstić information content (AvgIpc) is 2.63. The van der Waals surface area contributed by atoms with E-state index in [-0.39, 0.29) is 6.29 Å². The molecule has 2 aliphatic rings. The van der Waals surface area contributed by atoms with Crippen LogP contribution in [0.3, 0.4) is 0 Å². The zero-order valence-electron chi connectivity index (χ0n) is 8.36. The van der Waals surface area contributed by atoms with E-state index < -0.39 is 0 Å². The van der Waals surface area contributed by atoms with E-state index in [2.05, 4.69) is 58.0 Å². The average molecular weight is 412 g/mol. The Hall–Kier alpha value is 0.220. The zero-order chi connectivity index (χ0) is 11.4. The first-order valence-electron chi connectivity index (χ1n) is 5.09. The van der Waals surface area contributed by atoms with Gasteiger partial charge in [-0.05, 0) is 66.2 Å². The Morgan fingerprint density at radius 2 is 1.94 bits per heavy atom.